The van der Waals surface area contributed by atoms with Gasteiger partial charge < -0.3 is 15.0 Å². The first kappa shape index (κ1) is 24.6. The monoisotopic (exact) mass is 521 g/mol. The van der Waals surface area contributed by atoms with E-state index in [1.54, 1.807) is 0 Å². The maximum atomic E-state index is 13.1. The van der Waals surface area contributed by atoms with Gasteiger partial charge in [0.25, 0.3) is 5.96 Å². The summed E-state index contributed by atoms with van der Waals surface area (Å²) in [6.07, 6.45) is -9.07. The number of fused-ring (bicyclic) bond motifs is 1. The van der Waals surface area contributed by atoms with Crippen LogP contribution >= 0.6 is 0 Å². The molecule has 0 saturated carbocycles. The fraction of sp³-hybridized carbons (Fsp3) is 0.261. The summed E-state index contributed by atoms with van der Waals surface area (Å²) >= 11 is 0. The van der Waals surface area contributed by atoms with Crippen LogP contribution in [0, 0.1) is 0 Å². The molecule has 0 aliphatic carbocycles. The van der Waals surface area contributed by atoms with Gasteiger partial charge in [0.1, 0.15) is 0 Å². The molecular formula is C23H17F6N7O. The number of alkyl halides is 6. The molecule has 14 heteroatoms. The van der Waals surface area contributed by atoms with Gasteiger partial charge in [0.2, 0.25) is 5.95 Å². The number of rotatable bonds is 4. The normalized spacial score (nSPS) is 16.8. The molecule has 37 heavy (non-hydrogen) atoms. The van der Waals surface area contributed by atoms with Crippen molar-refractivity contribution >= 4 is 29.1 Å². The molecule has 2 aliphatic heterocycles. The number of aromatic nitrogens is 2. The Balaban J connectivity index is 1.55. The van der Waals surface area contributed by atoms with E-state index >= 15 is 0 Å². The number of nitrogens with one attached hydrogen (secondary N) is 1. The molecule has 0 unspecified atom stereocenters. The van der Waals surface area contributed by atoms with Crippen molar-refractivity contribution in [3.63, 3.8) is 0 Å². The zero-order valence-electron chi connectivity index (χ0n) is 18.8. The minimum Gasteiger partial charge on any atom is -0.378 e. The molecule has 0 atom stereocenters. The number of aliphatic imine (C=N–C) groups is 1. The number of hydrogen-bond acceptors (Lipinski definition) is 6. The molecule has 8 nitrogen and oxygen atoms in total. The fourth-order valence-electron chi connectivity index (χ4n) is 3.70. The van der Waals surface area contributed by atoms with E-state index in [0.717, 1.165) is 24.3 Å². The van der Waals surface area contributed by atoms with Gasteiger partial charge in [-0.3, -0.25) is 0 Å². The Morgan fingerprint density at radius 3 is 2.22 bits per heavy atom. The number of nitrogens with zero attached hydrogens (tertiary/aromatic N) is 6. The molecule has 2 aromatic carbocycles. The summed E-state index contributed by atoms with van der Waals surface area (Å²) in [7, 11) is 0. The van der Waals surface area contributed by atoms with Gasteiger partial charge in [0, 0.05) is 18.8 Å². The molecular weight excluding hydrogens is 504 g/mol. The third-order valence-corrected chi connectivity index (χ3v) is 5.42. The van der Waals surface area contributed by atoms with E-state index in [1.165, 1.54) is 24.3 Å². The smallest absolute Gasteiger partial charge is 0.378 e. The molecule has 1 fully saturated rings. The lowest BCUT2D eigenvalue weighted by Crippen LogP contribution is -2.43. The van der Waals surface area contributed by atoms with Crippen LogP contribution in [0.25, 0.3) is 0 Å². The van der Waals surface area contributed by atoms with Gasteiger partial charge in [0.05, 0.1) is 30.0 Å². The van der Waals surface area contributed by atoms with Crippen molar-refractivity contribution in [3.8, 4) is 0 Å². The summed E-state index contributed by atoms with van der Waals surface area (Å²) in [5.41, 5.74) is -1.53. The van der Waals surface area contributed by atoms with Crippen molar-refractivity contribution in [3.05, 3.63) is 70.5 Å². The Morgan fingerprint density at radius 2 is 1.51 bits per heavy atom. The SMILES string of the molecule is FC(F)(F)c1cccc(N=C2N=c3nc(Nc4cccc(C(F)(F)F)c4)nc(N4CCOCC4)c3=N2)c1. The highest BCUT2D eigenvalue weighted by atomic mass is 19.4. The van der Waals surface area contributed by atoms with Crippen molar-refractivity contribution in [1.29, 1.82) is 0 Å². The van der Waals surface area contributed by atoms with Crippen LogP contribution < -0.4 is 21.1 Å². The second kappa shape index (κ2) is 9.42. The number of halogens is 6. The van der Waals surface area contributed by atoms with Gasteiger partial charge in [-0.1, -0.05) is 12.1 Å². The maximum Gasteiger partial charge on any atom is 0.416 e. The third-order valence-electron chi connectivity index (χ3n) is 5.42. The summed E-state index contributed by atoms with van der Waals surface area (Å²) in [4.78, 5) is 23.2. The Bertz CT molecular complexity index is 1480. The van der Waals surface area contributed by atoms with E-state index in [9.17, 15) is 26.3 Å². The van der Waals surface area contributed by atoms with Gasteiger partial charge in [-0.2, -0.15) is 41.3 Å². The van der Waals surface area contributed by atoms with Crippen molar-refractivity contribution < 1.29 is 31.1 Å². The maximum absolute atomic E-state index is 13.1. The molecule has 192 valence electrons. The van der Waals surface area contributed by atoms with E-state index in [0.29, 0.717) is 32.1 Å². The molecule has 3 aromatic rings. The van der Waals surface area contributed by atoms with Gasteiger partial charge in [-0.25, -0.2) is 9.98 Å². The Kier molecular flexibility index (Phi) is 6.27. The predicted octanol–water partition coefficient (Wildman–Crippen LogP) is 4.03. The number of ether oxygens (including phenoxy) is 1. The summed E-state index contributed by atoms with van der Waals surface area (Å²) in [6, 6.07) is 8.95. The van der Waals surface area contributed by atoms with Gasteiger partial charge in [0.15, 0.2) is 16.7 Å². The predicted molar refractivity (Wildman–Crippen MR) is 121 cm³/mol. The Morgan fingerprint density at radius 1 is 0.838 bits per heavy atom. The van der Waals surface area contributed by atoms with E-state index in [-0.39, 0.29) is 34.1 Å². The van der Waals surface area contributed by atoms with Crippen LogP contribution in [0.5, 0.6) is 0 Å². The van der Waals surface area contributed by atoms with Crippen LogP contribution in [-0.2, 0) is 17.1 Å². The lowest BCUT2D eigenvalue weighted by Gasteiger charge is -2.27. The van der Waals surface area contributed by atoms with E-state index in [2.05, 4.69) is 30.3 Å². The molecule has 0 radical (unpaired) electrons. The van der Waals surface area contributed by atoms with Crippen LogP contribution in [0.2, 0.25) is 0 Å². The van der Waals surface area contributed by atoms with Crippen molar-refractivity contribution in [1.82, 2.24) is 9.97 Å². The highest BCUT2D eigenvalue weighted by molar-refractivity contribution is 5.86. The number of morpholine rings is 1. The number of benzene rings is 2. The van der Waals surface area contributed by atoms with Crippen LogP contribution in [0.3, 0.4) is 0 Å². The average Bonchev–Trinajstić information content (AvgIpc) is 3.25. The number of anilines is 3. The lowest BCUT2D eigenvalue weighted by atomic mass is 10.2. The summed E-state index contributed by atoms with van der Waals surface area (Å²) in [6.45, 7) is 1.75. The highest BCUT2D eigenvalue weighted by Crippen LogP contribution is 2.32. The molecule has 3 heterocycles. The molecule has 2 aliphatic rings. The first-order chi connectivity index (χ1) is 17.6. The number of hydrogen-bond donors (Lipinski definition) is 1. The minimum absolute atomic E-state index is 0.00618. The lowest BCUT2D eigenvalue weighted by molar-refractivity contribution is -0.138. The Hall–Kier alpha value is -4.07. The molecule has 1 N–H and O–H groups in total. The van der Waals surface area contributed by atoms with Crippen LogP contribution in [0.4, 0.5) is 49.5 Å². The average molecular weight is 521 g/mol. The second-order valence-corrected chi connectivity index (χ2v) is 8.03. The van der Waals surface area contributed by atoms with Gasteiger partial charge >= 0.3 is 12.4 Å². The third kappa shape index (κ3) is 5.53. The number of guanidine groups is 1. The van der Waals surface area contributed by atoms with Crippen molar-refractivity contribution in [2.45, 2.75) is 12.4 Å². The fourth-order valence-corrected chi connectivity index (χ4v) is 3.70. The highest BCUT2D eigenvalue weighted by Gasteiger charge is 2.31. The Labute approximate surface area is 205 Å². The molecule has 0 bridgehead atoms. The standard InChI is InChI=1S/C23H17F6N7O/c24-22(25,26)13-3-1-5-15(11-13)30-20-32-17-18(33-20)34-21(35-19(17)36-7-9-37-10-8-36)31-16-6-2-4-14(12-16)23(27,28)29/h1-6,11-12H,7-10H2,(H,30,31,33,34). The van der Waals surface area contributed by atoms with Crippen molar-refractivity contribution in [2.24, 2.45) is 15.0 Å². The molecule has 0 spiro atoms. The zero-order chi connectivity index (χ0) is 26.2. The van der Waals surface area contributed by atoms with Crippen molar-refractivity contribution in [2.75, 3.05) is 36.5 Å². The van der Waals surface area contributed by atoms with Crippen LogP contribution in [0.1, 0.15) is 11.1 Å². The summed E-state index contributed by atoms with van der Waals surface area (Å²) < 4.78 is 84.0. The van der Waals surface area contributed by atoms with Crippen LogP contribution in [0.15, 0.2) is 63.5 Å². The van der Waals surface area contributed by atoms with E-state index in [1.807, 2.05) is 4.90 Å². The topological polar surface area (TPSA) is 87.4 Å². The minimum atomic E-state index is -4.54. The second-order valence-electron chi connectivity index (χ2n) is 8.03. The quantitative estimate of drug-likeness (QED) is 0.524. The van der Waals surface area contributed by atoms with E-state index < -0.39 is 23.5 Å². The van der Waals surface area contributed by atoms with Gasteiger partial charge in [-0.05, 0) is 36.4 Å². The molecule has 5 rings (SSSR count). The molecule has 1 aromatic heterocycles. The summed E-state index contributed by atoms with van der Waals surface area (Å²) in [5, 5.41) is 3.02. The zero-order valence-corrected chi connectivity index (χ0v) is 18.8. The molecule has 1 saturated heterocycles. The molecule has 0 amide bonds. The van der Waals surface area contributed by atoms with Crippen LogP contribution in [-0.4, -0.2) is 42.2 Å². The van der Waals surface area contributed by atoms with E-state index in [4.69, 9.17) is 4.74 Å². The first-order valence-corrected chi connectivity index (χ1v) is 10.9. The summed E-state index contributed by atoms with van der Waals surface area (Å²) in [5.74, 6) is 0.189. The largest absolute Gasteiger partial charge is 0.416 e. The first-order valence-electron chi connectivity index (χ1n) is 10.9. The van der Waals surface area contributed by atoms with Gasteiger partial charge in [-0.15, -0.1) is 0 Å².